The Bertz CT molecular complexity index is 672. The van der Waals surface area contributed by atoms with Crippen LogP contribution in [0.25, 0.3) is 0 Å². The number of piperidine rings is 1. The number of benzene rings is 1. The molecule has 27 heavy (non-hydrogen) atoms. The lowest BCUT2D eigenvalue weighted by Gasteiger charge is -2.31. The molecule has 2 aliphatic rings. The van der Waals surface area contributed by atoms with Crippen molar-refractivity contribution in [3.05, 3.63) is 29.8 Å². The highest BCUT2D eigenvalue weighted by Gasteiger charge is 2.27. The average Bonchev–Trinajstić information content (AvgIpc) is 3.23. The van der Waals surface area contributed by atoms with Crippen molar-refractivity contribution in [3.63, 3.8) is 0 Å². The molecule has 1 aromatic carbocycles. The van der Waals surface area contributed by atoms with E-state index in [0.717, 1.165) is 32.4 Å². The first-order valence-corrected chi connectivity index (χ1v) is 10.1. The fraction of sp³-hybridized carbons (Fsp3) is 0.571. The zero-order chi connectivity index (χ0) is 19.2. The summed E-state index contributed by atoms with van der Waals surface area (Å²) in [6.07, 6.45) is 4.99. The Morgan fingerprint density at radius 1 is 0.963 bits per heavy atom. The standard InChI is InChI=1S/C21H29N3O3/c1-2-5-19(25)23-14-10-16(11-15-23)20(26)22-18-8-6-17(7-9-18)21(27)24-12-3-4-13-24/h6-9,16H,2-5,10-15H2,1H3,(H,22,26). The maximum absolute atomic E-state index is 12.5. The molecule has 0 saturated carbocycles. The van der Waals surface area contributed by atoms with Crippen LogP contribution in [0.1, 0.15) is 55.8 Å². The molecular formula is C21H29N3O3. The van der Waals surface area contributed by atoms with E-state index in [1.165, 1.54) is 0 Å². The summed E-state index contributed by atoms with van der Waals surface area (Å²) in [6.45, 7) is 4.97. The maximum atomic E-state index is 12.5. The fourth-order valence-electron chi connectivity index (χ4n) is 3.81. The molecule has 3 amide bonds. The molecule has 2 fully saturated rings. The Kier molecular flexibility index (Phi) is 6.48. The molecule has 0 unspecified atom stereocenters. The van der Waals surface area contributed by atoms with Crippen molar-refractivity contribution in [1.29, 1.82) is 0 Å². The van der Waals surface area contributed by atoms with Gasteiger partial charge in [0.25, 0.3) is 5.91 Å². The normalized spacial score (nSPS) is 17.8. The average molecular weight is 371 g/mol. The van der Waals surface area contributed by atoms with E-state index in [2.05, 4.69) is 5.32 Å². The van der Waals surface area contributed by atoms with E-state index in [1.807, 2.05) is 16.7 Å². The Balaban J connectivity index is 1.49. The van der Waals surface area contributed by atoms with E-state index in [-0.39, 0.29) is 23.6 Å². The second kappa shape index (κ2) is 9.02. The molecule has 2 saturated heterocycles. The van der Waals surface area contributed by atoms with Gasteiger partial charge in [-0.2, -0.15) is 0 Å². The smallest absolute Gasteiger partial charge is 0.253 e. The highest BCUT2D eigenvalue weighted by Crippen LogP contribution is 2.21. The van der Waals surface area contributed by atoms with Crippen LogP contribution in [0.2, 0.25) is 0 Å². The summed E-state index contributed by atoms with van der Waals surface area (Å²) in [6, 6.07) is 7.15. The second-order valence-corrected chi connectivity index (χ2v) is 7.47. The number of carbonyl (C=O) groups is 3. The number of anilines is 1. The number of rotatable bonds is 5. The van der Waals surface area contributed by atoms with E-state index in [4.69, 9.17) is 0 Å². The Morgan fingerprint density at radius 2 is 1.59 bits per heavy atom. The van der Waals surface area contributed by atoms with Crippen molar-refractivity contribution in [2.75, 3.05) is 31.5 Å². The minimum Gasteiger partial charge on any atom is -0.343 e. The van der Waals surface area contributed by atoms with Crippen LogP contribution < -0.4 is 5.32 Å². The molecule has 0 spiro atoms. The molecule has 0 bridgehead atoms. The van der Waals surface area contributed by atoms with Crippen LogP contribution in [0.4, 0.5) is 5.69 Å². The van der Waals surface area contributed by atoms with Gasteiger partial charge in [0.05, 0.1) is 0 Å². The zero-order valence-corrected chi connectivity index (χ0v) is 16.1. The lowest BCUT2D eigenvalue weighted by Crippen LogP contribution is -2.41. The monoisotopic (exact) mass is 371 g/mol. The predicted octanol–water partition coefficient (Wildman–Crippen LogP) is 2.90. The third-order valence-electron chi connectivity index (χ3n) is 5.47. The molecule has 6 nitrogen and oxygen atoms in total. The van der Waals surface area contributed by atoms with Crippen molar-refractivity contribution in [2.45, 2.75) is 45.4 Å². The molecule has 1 aromatic rings. The van der Waals surface area contributed by atoms with Gasteiger partial charge < -0.3 is 15.1 Å². The largest absolute Gasteiger partial charge is 0.343 e. The fourth-order valence-corrected chi connectivity index (χ4v) is 3.81. The van der Waals surface area contributed by atoms with Crippen LogP contribution in [-0.2, 0) is 9.59 Å². The predicted molar refractivity (Wildman–Crippen MR) is 104 cm³/mol. The molecule has 0 atom stereocenters. The third-order valence-corrected chi connectivity index (χ3v) is 5.47. The minimum absolute atomic E-state index is 0.00351. The minimum atomic E-state index is -0.0680. The summed E-state index contributed by atoms with van der Waals surface area (Å²) in [5.41, 5.74) is 1.38. The summed E-state index contributed by atoms with van der Waals surface area (Å²) in [4.78, 5) is 40.6. The van der Waals surface area contributed by atoms with Crippen molar-refractivity contribution in [1.82, 2.24) is 9.80 Å². The second-order valence-electron chi connectivity index (χ2n) is 7.47. The number of hydrogen-bond acceptors (Lipinski definition) is 3. The lowest BCUT2D eigenvalue weighted by atomic mass is 9.95. The van der Waals surface area contributed by atoms with Gasteiger partial charge in [0, 0.05) is 49.8 Å². The molecule has 1 N–H and O–H groups in total. The topological polar surface area (TPSA) is 69.7 Å². The van der Waals surface area contributed by atoms with E-state index >= 15 is 0 Å². The van der Waals surface area contributed by atoms with Gasteiger partial charge in [0.15, 0.2) is 0 Å². The molecule has 0 radical (unpaired) electrons. The first-order chi connectivity index (χ1) is 13.1. The van der Waals surface area contributed by atoms with Crippen LogP contribution in [0.15, 0.2) is 24.3 Å². The Hall–Kier alpha value is -2.37. The van der Waals surface area contributed by atoms with Gasteiger partial charge in [-0.25, -0.2) is 0 Å². The number of likely N-dealkylation sites (tertiary alicyclic amines) is 2. The number of amides is 3. The highest BCUT2D eigenvalue weighted by atomic mass is 16.2. The van der Waals surface area contributed by atoms with Crippen LogP contribution >= 0.6 is 0 Å². The summed E-state index contributed by atoms with van der Waals surface area (Å²) in [7, 11) is 0. The van der Waals surface area contributed by atoms with Crippen molar-refractivity contribution in [3.8, 4) is 0 Å². The van der Waals surface area contributed by atoms with Gasteiger partial charge in [-0.05, 0) is 56.4 Å². The number of nitrogens with zero attached hydrogens (tertiary/aromatic N) is 2. The molecule has 0 aliphatic carbocycles. The summed E-state index contributed by atoms with van der Waals surface area (Å²) < 4.78 is 0. The summed E-state index contributed by atoms with van der Waals surface area (Å²) in [5, 5.41) is 2.95. The van der Waals surface area contributed by atoms with E-state index in [0.29, 0.717) is 43.6 Å². The number of nitrogens with one attached hydrogen (secondary N) is 1. The Morgan fingerprint density at radius 3 is 2.19 bits per heavy atom. The summed E-state index contributed by atoms with van der Waals surface area (Å²) in [5.74, 6) is 0.182. The van der Waals surface area contributed by atoms with Crippen molar-refractivity contribution < 1.29 is 14.4 Å². The zero-order valence-electron chi connectivity index (χ0n) is 16.1. The van der Waals surface area contributed by atoms with E-state index in [9.17, 15) is 14.4 Å². The van der Waals surface area contributed by atoms with Gasteiger partial charge in [-0.3, -0.25) is 14.4 Å². The molecule has 3 rings (SSSR count). The quantitative estimate of drug-likeness (QED) is 0.865. The van der Waals surface area contributed by atoms with E-state index in [1.54, 1.807) is 24.3 Å². The van der Waals surface area contributed by atoms with Gasteiger partial charge >= 0.3 is 0 Å². The van der Waals surface area contributed by atoms with Gasteiger partial charge in [-0.1, -0.05) is 6.92 Å². The molecular weight excluding hydrogens is 342 g/mol. The number of carbonyl (C=O) groups excluding carboxylic acids is 3. The highest BCUT2D eigenvalue weighted by molar-refractivity contribution is 5.96. The van der Waals surface area contributed by atoms with Crippen LogP contribution in [0.3, 0.4) is 0 Å². The van der Waals surface area contributed by atoms with Crippen LogP contribution in [-0.4, -0.2) is 53.7 Å². The van der Waals surface area contributed by atoms with Gasteiger partial charge in [0.1, 0.15) is 0 Å². The van der Waals surface area contributed by atoms with Gasteiger partial charge in [0.2, 0.25) is 11.8 Å². The molecule has 0 aromatic heterocycles. The molecule has 2 aliphatic heterocycles. The molecule has 146 valence electrons. The summed E-state index contributed by atoms with van der Waals surface area (Å²) >= 11 is 0. The number of hydrogen-bond donors (Lipinski definition) is 1. The van der Waals surface area contributed by atoms with Crippen molar-refractivity contribution >= 4 is 23.4 Å². The first kappa shape index (κ1) is 19.4. The molecule has 2 heterocycles. The van der Waals surface area contributed by atoms with Gasteiger partial charge in [-0.15, -0.1) is 0 Å². The lowest BCUT2D eigenvalue weighted by molar-refractivity contribution is -0.134. The SMILES string of the molecule is CCCC(=O)N1CCC(C(=O)Nc2ccc(C(=O)N3CCCC3)cc2)CC1. The third kappa shape index (κ3) is 4.87. The van der Waals surface area contributed by atoms with Crippen molar-refractivity contribution in [2.24, 2.45) is 5.92 Å². The molecule has 6 heteroatoms. The van der Waals surface area contributed by atoms with E-state index < -0.39 is 0 Å². The van der Waals surface area contributed by atoms with Crippen LogP contribution in [0, 0.1) is 5.92 Å². The Labute approximate surface area is 160 Å². The van der Waals surface area contributed by atoms with Crippen LogP contribution in [0.5, 0.6) is 0 Å². The maximum Gasteiger partial charge on any atom is 0.253 e. The first-order valence-electron chi connectivity index (χ1n) is 10.1.